The van der Waals surface area contributed by atoms with Crippen LogP contribution in [-0.4, -0.2) is 30.9 Å². The van der Waals surface area contributed by atoms with Gasteiger partial charge in [-0.1, -0.05) is 48.5 Å². The molecule has 0 N–H and O–H groups in total. The molecule has 0 bridgehead atoms. The first-order chi connectivity index (χ1) is 15.5. The summed E-state index contributed by atoms with van der Waals surface area (Å²) in [6.07, 6.45) is 0. The Morgan fingerprint density at radius 1 is 0.906 bits per heavy atom. The van der Waals surface area contributed by atoms with Gasteiger partial charge in [-0.05, 0) is 39.3 Å². The second kappa shape index (κ2) is 10.8. The Bertz CT molecular complexity index is 1030. The van der Waals surface area contributed by atoms with Crippen LogP contribution in [0.2, 0.25) is 0 Å². The zero-order valence-corrected chi connectivity index (χ0v) is 19.0. The normalized spacial score (nSPS) is 18.1. The molecule has 2 atom stereocenters. The lowest BCUT2D eigenvalue weighted by Crippen LogP contribution is -2.36. The van der Waals surface area contributed by atoms with Gasteiger partial charge in [0.2, 0.25) is 0 Å². The summed E-state index contributed by atoms with van der Waals surface area (Å²) in [5.74, 6) is -1.69. The average molecular weight is 436 g/mol. The smallest absolute Gasteiger partial charge is 0.336 e. The molecule has 0 saturated heterocycles. The van der Waals surface area contributed by atoms with Gasteiger partial charge in [0.15, 0.2) is 0 Å². The van der Waals surface area contributed by atoms with Crippen LogP contribution in [0.15, 0.2) is 70.9 Å². The SMILES string of the molecule is CCOC(=O)C1=C(C)N=C(C)C(C(=O)OCC)C1c1ccccc1OCc1ccccc1. The van der Waals surface area contributed by atoms with Gasteiger partial charge in [0.1, 0.15) is 18.3 Å². The maximum atomic E-state index is 13.0. The quantitative estimate of drug-likeness (QED) is 0.555. The number of para-hydroxylation sites is 1. The summed E-state index contributed by atoms with van der Waals surface area (Å²) in [7, 11) is 0. The van der Waals surface area contributed by atoms with Crippen molar-refractivity contribution in [3.8, 4) is 5.75 Å². The zero-order valence-electron chi connectivity index (χ0n) is 19.0. The van der Waals surface area contributed by atoms with Crippen molar-refractivity contribution < 1.29 is 23.8 Å². The highest BCUT2D eigenvalue weighted by Crippen LogP contribution is 2.43. The molecule has 0 amide bonds. The van der Waals surface area contributed by atoms with Gasteiger partial charge in [-0.25, -0.2) is 4.79 Å². The Kier molecular flexibility index (Phi) is 7.82. The molecule has 1 aliphatic heterocycles. The molecular weight excluding hydrogens is 406 g/mol. The summed E-state index contributed by atoms with van der Waals surface area (Å²) in [5.41, 5.74) is 3.22. The number of carbonyl (C=O) groups is 2. The van der Waals surface area contributed by atoms with Gasteiger partial charge >= 0.3 is 11.9 Å². The zero-order chi connectivity index (χ0) is 23.1. The monoisotopic (exact) mass is 435 g/mol. The minimum Gasteiger partial charge on any atom is -0.489 e. The molecule has 3 rings (SSSR count). The molecule has 2 aromatic carbocycles. The van der Waals surface area contributed by atoms with Crippen molar-refractivity contribution >= 4 is 17.7 Å². The van der Waals surface area contributed by atoms with Gasteiger partial charge in [0.25, 0.3) is 0 Å². The molecule has 2 aromatic rings. The molecule has 0 spiro atoms. The second-order valence-electron chi connectivity index (χ2n) is 7.49. The number of benzene rings is 2. The van der Waals surface area contributed by atoms with Crippen LogP contribution in [-0.2, 0) is 25.7 Å². The molecule has 1 heterocycles. The molecular formula is C26H29NO5. The van der Waals surface area contributed by atoms with Crippen LogP contribution < -0.4 is 4.74 Å². The van der Waals surface area contributed by atoms with Gasteiger partial charge < -0.3 is 14.2 Å². The molecule has 0 radical (unpaired) electrons. The summed E-state index contributed by atoms with van der Waals surface area (Å²) < 4.78 is 16.9. The first kappa shape index (κ1) is 23.3. The summed E-state index contributed by atoms with van der Waals surface area (Å²) >= 11 is 0. The number of rotatable bonds is 8. The van der Waals surface area contributed by atoms with Gasteiger partial charge in [-0.15, -0.1) is 0 Å². The van der Waals surface area contributed by atoms with E-state index >= 15 is 0 Å². The Balaban J connectivity index is 2.08. The van der Waals surface area contributed by atoms with Crippen LogP contribution in [0.5, 0.6) is 5.75 Å². The van der Waals surface area contributed by atoms with E-state index in [0.29, 0.717) is 29.3 Å². The fourth-order valence-corrected chi connectivity index (χ4v) is 3.99. The first-order valence-corrected chi connectivity index (χ1v) is 10.8. The topological polar surface area (TPSA) is 74.2 Å². The van der Waals surface area contributed by atoms with E-state index in [1.165, 1.54) is 0 Å². The number of aliphatic imine (C=N–C) groups is 1. The lowest BCUT2D eigenvalue weighted by Gasteiger charge is -2.32. The highest BCUT2D eigenvalue weighted by Gasteiger charge is 2.43. The maximum Gasteiger partial charge on any atom is 0.336 e. The van der Waals surface area contributed by atoms with Gasteiger partial charge in [-0.2, -0.15) is 0 Å². The lowest BCUT2D eigenvalue weighted by molar-refractivity contribution is -0.146. The third kappa shape index (κ3) is 5.07. The number of nitrogens with zero attached hydrogens (tertiary/aromatic N) is 1. The molecule has 0 aromatic heterocycles. The Morgan fingerprint density at radius 2 is 1.56 bits per heavy atom. The molecule has 32 heavy (non-hydrogen) atoms. The summed E-state index contributed by atoms with van der Waals surface area (Å²) in [4.78, 5) is 30.5. The van der Waals surface area contributed by atoms with Crippen molar-refractivity contribution in [2.24, 2.45) is 10.9 Å². The molecule has 6 heteroatoms. The van der Waals surface area contributed by atoms with Crippen LogP contribution in [0.1, 0.15) is 44.7 Å². The van der Waals surface area contributed by atoms with Crippen molar-refractivity contribution in [3.63, 3.8) is 0 Å². The minimum atomic E-state index is -0.750. The van der Waals surface area contributed by atoms with Crippen LogP contribution >= 0.6 is 0 Å². The fraction of sp³-hybridized carbons (Fsp3) is 0.346. The number of esters is 2. The minimum absolute atomic E-state index is 0.223. The van der Waals surface area contributed by atoms with Gasteiger partial charge in [0.05, 0.1) is 18.8 Å². The molecule has 2 unspecified atom stereocenters. The van der Waals surface area contributed by atoms with Crippen molar-refractivity contribution in [2.75, 3.05) is 13.2 Å². The van der Waals surface area contributed by atoms with Crippen LogP contribution in [0.4, 0.5) is 0 Å². The molecule has 0 saturated carbocycles. The summed E-state index contributed by atoms with van der Waals surface area (Å²) in [5, 5.41) is 0. The maximum absolute atomic E-state index is 13.0. The Morgan fingerprint density at radius 3 is 2.25 bits per heavy atom. The molecule has 0 aliphatic carbocycles. The summed E-state index contributed by atoms with van der Waals surface area (Å²) in [6, 6.07) is 17.3. The Labute approximate surface area is 188 Å². The van der Waals surface area contributed by atoms with E-state index in [2.05, 4.69) is 4.99 Å². The highest BCUT2D eigenvalue weighted by atomic mass is 16.5. The third-order valence-electron chi connectivity index (χ3n) is 5.36. The van der Waals surface area contributed by atoms with Gasteiger partial charge in [0, 0.05) is 22.9 Å². The van der Waals surface area contributed by atoms with Crippen molar-refractivity contribution in [1.29, 1.82) is 0 Å². The fourth-order valence-electron chi connectivity index (χ4n) is 3.99. The van der Waals surface area contributed by atoms with E-state index in [-0.39, 0.29) is 13.2 Å². The van der Waals surface area contributed by atoms with Crippen molar-refractivity contribution in [1.82, 2.24) is 0 Å². The van der Waals surface area contributed by atoms with E-state index in [9.17, 15) is 9.59 Å². The number of ether oxygens (including phenoxy) is 3. The van der Waals surface area contributed by atoms with Crippen molar-refractivity contribution in [3.05, 3.63) is 77.0 Å². The van der Waals surface area contributed by atoms with Crippen LogP contribution in [0.3, 0.4) is 0 Å². The molecule has 6 nitrogen and oxygen atoms in total. The predicted octanol–water partition coefficient (Wildman–Crippen LogP) is 4.84. The molecule has 1 aliphatic rings. The number of carbonyl (C=O) groups excluding carboxylic acids is 2. The van der Waals surface area contributed by atoms with Crippen LogP contribution in [0.25, 0.3) is 0 Å². The van der Waals surface area contributed by atoms with E-state index in [4.69, 9.17) is 14.2 Å². The highest BCUT2D eigenvalue weighted by molar-refractivity contribution is 6.07. The number of hydrogen-bond acceptors (Lipinski definition) is 6. The Hall–Kier alpha value is -3.41. The van der Waals surface area contributed by atoms with Crippen LogP contribution in [0, 0.1) is 5.92 Å². The predicted molar refractivity (Wildman–Crippen MR) is 123 cm³/mol. The first-order valence-electron chi connectivity index (χ1n) is 10.8. The number of hydrogen-bond donors (Lipinski definition) is 0. The van der Waals surface area contributed by atoms with E-state index in [1.54, 1.807) is 27.7 Å². The standard InChI is InChI=1S/C26H29NO5/c1-5-30-25(28)22-17(3)27-18(4)23(26(29)31-6-2)24(22)20-14-10-11-15-21(20)32-16-19-12-8-7-9-13-19/h7-15,22,24H,5-6,16H2,1-4H3. The number of allylic oxidation sites excluding steroid dienone is 1. The lowest BCUT2D eigenvalue weighted by atomic mass is 9.75. The summed E-state index contributed by atoms with van der Waals surface area (Å²) in [6.45, 7) is 7.87. The van der Waals surface area contributed by atoms with E-state index in [1.807, 2.05) is 54.6 Å². The average Bonchev–Trinajstić information content (AvgIpc) is 2.78. The second-order valence-corrected chi connectivity index (χ2v) is 7.49. The molecule has 168 valence electrons. The largest absolute Gasteiger partial charge is 0.489 e. The molecule has 0 fully saturated rings. The van der Waals surface area contributed by atoms with E-state index in [0.717, 1.165) is 11.1 Å². The van der Waals surface area contributed by atoms with E-state index < -0.39 is 23.8 Å². The van der Waals surface area contributed by atoms with Crippen molar-refractivity contribution in [2.45, 2.75) is 40.2 Å². The van der Waals surface area contributed by atoms with Gasteiger partial charge in [-0.3, -0.25) is 9.79 Å². The third-order valence-corrected chi connectivity index (χ3v) is 5.36.